The maximum atomic E-state index is 13.4. The first-order chi connectivity index (χ1) is 21.9. The van der Waals surface area contributed by atoms with E-state index in [0.717, 1.165) is 62.5 Å². The smallest absolute Gasteiger partial charge is 0.253 e. The Balaban J connectivity index is 1.05. The minimum absolute atomic E-state index is 0.0738. The average molecular weight is 640 g/mol. The van der Waals surface area contributed by atoms with Crippen molar-refractivity contribution < 1.29 is 9.59 Å². The predicted molar refractivity (Wildman–Crippen MR) is 181 cm³/mol. The Morgan fingerprint density at radius 3 is 2.16 bits per heavy atom. The van der Waals surface area contributed by atoms with E-state index in [-0.39, 0.29) is 11.7 Å². The molecule has 0 saturated carbocycles. The summed E-state index contributed by atoms with van der Waals surface area (Å²) in [6.07, 6.45) is 1.44. The van der Waals surface area contributed by atoms with Gasteiger partial charge in [0.1, 0.15) is 16.8 Å². The van der Waals surface area contributed by atoms with Crippen molar-refractivity contribution in [3.8, 4) is 0 Å². The number of ketones is 1. The Morgan fingerprint density at radius 2 is 1.47 bits per heavy atom. The molecule has 0 unspecified atom stereocenters. The number of nitrogens with zero attached hydrogens (tertiary/aromatic N) is 5. The van der Waals surface area contributed by atoms with Gasteiger partial charge in [-0.05, 0) is 48.6 Å². The number of Topliss-reactive ketones (excluding diaryl/α,β-unsaturated/α-hetero) is 1. The van der Waals surface area contributed by atoms with E-state index in [9.17, 15) is 9.59 Å². The van der Waals surface area contributed by atoms with Crippen molar-refractivity contribution in [3.05, 3.63) is 118 Å². The summed E-state index contributed by atoms with van der Waals surface area (Å²) in [6.45, 7) is 7.20. The lowest BCUT2D eigenvalue weighted by Gasteiger charge is -2.41. The molecule has 0 N–H and O–H groups in total. The summed E-state index contributed by atoms with van der Waals surface area (Å²) in [4.78, 5) is 42.1. The number of hydrogen-bond donors (Lipinski definition) is 0. The van der Waals surface area contributed by atoms with Crippen LogP contribution in [0.25, 0.3) is 0 Å². The van der Waals surface area contributed by atoms with E-state index in [2.05, 4.69) is 51.2 Å². The number of carbonyl (C=O) groups is 2. The van der Waals surface area contributed by atoms with E-state index in [4.69, 9.17) is 16.6 Å². The van der Waals surface area contributed by atoms with Crippen LogP contribution < -0.4 is 4.90 Å². The molecule has 0 spiro atoms. The number of aromatic nitrogens is 2. The zero-order chi connectivity index (χ0) is 31.2. The molecule has 2 aliphatic heterocycles. The van der Waals surface area contributed by atoms with Crippen LogP contribution >= 0.6 is 23.4 Å². The van der Waals surface area contributed by atoms with Crippen LogP contribution in [0.5, 0.6) is 0 Å². The highest BCUT2D eigenvalue weighted by Crippen LogP contribution is 2.38. The van der Waals surface area contributed by atoms with Gasteiger partial charge in [0.25, 0.3) is 5.91 Å². The molecule has 2 aliphatic rings. The van der Waals surface area contributed by atoms with Gasteiger partial charge in [-0.1, -0.05) is 96.2 Å². The number of carbonyl (C=O) groups excluding carboxylic acids is 2. The molecule has 1 aromatic heterocycles. The lowest BCUT2D eigenvalue weighted by molar-refractivity contribution is -0.123. The van der Waals surface area contributed by atoms with Gasteiger partial charge in [-0.3, -0.25) is 14.5 Å². The van der Waals surface area contributed by atoms with Crippen LogP contribution in [-0.4, -0.2) is 70.7 Å². The topological polar surface area (TPSA) is 69.6 Å². The van der Waals surface area contributed by atoms with Crippen LogP contribution in [0, 0.1) is 0 Å². The van der Waals surface area contributed by atoms with E-state index >= 15 is 0 Å². The molecule has 0 bridgehead atoms. The molecule has 4 aromatic rings. The second kappa shape index (κ2) is 14.1. The average Bonchev–Trinajstić information content (AvgIpc) is 3.08. The standard InChI is InChI=1S/C36H38ClN5O2S/c1-27(43)36(31-13-6-3-7-14-31)15-17-41(18-16-36)33-24-32(37)38-35(39-33)45-26-29-11-8-12-30(23-29)34(44)42-21-19-40(20-22-42)25-28-9-4-2-5-10-28/h2-14,23-24H,15-22,25-26H2,1H3. The molecular weight excluding hydrogens is 602 g/mol. The highest BCUT2D eigenvalue weighted by molar-refractivity contribution is 7.98. The summed E-state index contributed by atoms with van der Waals surface area (Å²) in [5, 5.41) is 0.986. The molecule has 2 saturated heterocycles. The van der Waals surface area contributed by atoms with Crippen LogP contribution in [0.15, 0.2) is 96.2 Å². The number of anilines is 1. The number of piperazine rings is 1. The van der Waals surface area contributed by atoms with Gasteiger partial charge in [-0.25, -0.2) is 9.97 Å². The van der Waals surface area contributed by atoms with Crippen molar-refractivity contribution in [1.29, 1.82) is 0 Å². The van der Waals surface area contributed by atoms with Gasteiger partial charge in [0.05, 0.1) is 5.41 Å². The normalized spacial score (nSPS) is 16.8. The second-order valence-corrected chi connectivity index (χ2v) is 13.2. The number of hydrogen-bond acceptors (Lipinski definition) is 7. The van der Waals surface area contributed by atoms with Crippen LogP contribution in [0.2, 0.25) is 5.15 Å². The zero-order valence-corrected chi connectivity index (χ0v) is 27.1. The Kier molecular flexibility index (Phi) is 9.83. The Labute approximate surface area is 274 Å². The third-order valence-electron chi connectivity index (χ3n) is 9.05. The summed E-state index contributed by atoms with van der Waals surface area (Å²) in [5.41, 5.74) is 3.65. The quantitative estimate of drug-likeness (QED) is 0.118. The Hall–Kier alpha value is -3.72. The lowest BCUT2D eigenvalue weighted by Crippen LogP contribution is -2.48. The van der Waals surface area contributed by atoms with Crippen molar-refractivity contribution in [1.82, 2.24) is 19.8 Å². The number of benzene rings is 3. The van der Waals surface area contributed by atoms with Crippen molar-refractivity contribution in [3.63, 3.8) is 0 Å². The minimum atomic E-state index is -0.468. The molecule has 6 rings (SSSR count). The van der Waals surface area contributed by atoms with Crippen molar-refractivity contribution in [2.75, 3.05) is 44.2 Å². The summed E-state index contributed by atoms with van der Waals surface area (Å²) in [6, 6.07) is 30.2. The summed E-state index contributed by atoms with van der Waals surface area (Å²) < 4.78 is 0. The van der Waals surface area contributed by atoms with Crippen LogP contribution in [0.4, 0.5) is 5.82 Å². The number of rotatable bonds is 9. The molecular formula is C36H38ClN5O2S. The van der Waals surface area contributed by atoms with E-state index < -0.39 is 5.41 Å². The summed E-state index contributed by atoms with van der Waals surface area (Å²) in [7, 11) is 0. The molecule has 232 valence electrons. The van der Waals surface area contributed by atoms with Crippen molar-refractivity contribution >= 4 is 40.9 Å². The molecule has 9 heteroatoms. The third-order valence-corrected chi connectivity index (χ3v) is 10.2. The predicted octanol–water partition coefficient (Wildman–Crippen LogP) is 6.51. The molecule has 0 radical (unpaired) electrons. The fraction of sp³-hybridized carbons (Fsp3) is 0.333. The zero-order valence-electron chi connectivity index (χ0n) is 25.6. The van der Waals surface area contributed by atoms with Gasteiger partial charge in [0, 0.05) is 63.2 Å². The first kappa shape index (κ1) is 31.3. The fourth-order valence-corrected chi connectivity index (χ4v) is 7.43. The molecule has 0 atom stereocenters. The Bertz CT molecular complexity index is 1620. The second-order valence-electron chi connectivity index (χ2n) is 11.9. The van der Waals surface area contributed by atoms with E-state index in [0.29, 0.717) is 34.7 Å². The van der Waals surface area contributed by atoms with Crippen LogP contribution in [0.1, 0.15) is 46.8 Å². The highest BCUT2D eigenvalue weighted by Gasteiger charge is 2.40. The van der Waals surface area contributed by atoms with Crippen molar-refractivity contribution in [2.24, 2.45) is 0 Å². The third kappa shape index (κ3) is 7.40. The SMILES string of the molecule is CC(=O)C1(c2ccccc2)CCN(c2cc(Cl)nc(SCc3cccc(C(=O)N4CCN(Cc5ccccc5)CC4)c3)n2)CC1. The molecule has 3 aromatic carbocycles. The lowest BCUT2D eigenvalue weighted by atomic mass is 9.70. The van der Waals surface area contributed by atoms with Gasteiger partial charge < -0.3 is 9.80 Å². The minimum Gasteiger partial charge on any atom is -0.356 e. The van der Waals surface area contributed by atoms with Gasteiger partial charge in [0.2, 0.25) is 0 Å². The summed E-state index contributed by atoms with van der Waals surface area (Å²) >= 11 is 7.97. The molecule has 2 fully saturated rings. The van der Waals surface area contributed by atoms with Gasteiger partial charge in [0.15, 0.2) is 5.16 Å². The van der Waals surface area contributed by atoms with E-state index in [1.165, 1.54) is 17.3 Å². The Morgan fingerprint density at radius 1 is 0.800 bits per heavy atom. The van der Waals surface area contributed by atoms with Gasteiger partial charge in [-0.2, -0.15) is 0 Å². The number of amides is 1. The number of halogens is 1. The van der Waals surface area contributed by atoms with Gasteiger partial charge >= 0.3 is 0 Å². The molecule has 3 heterocycles. The first-order valence-corrected chi connectivity index (χ1v) is 16.9. The summed E-state index contributed by atoms with van der Waals surface area (Å²) in [5.74, 6) is 1.67. The maximum Gasteiger partial charge on any atom is 0.253 e. The molecule has 1 amide bonds. The van der Waals surface area contributed by atoms with Gasteiger partial charge in [-0.15, -0.1) is 0 Å². The van der Waals surface area contributed by atoms with E-state index in [1.54, 1.807) is 13.0 Å². The van der Waals surface area contributed by atoms with Crippen LogP contribution in [0.3, 0.4) is 0 Å². The molecule has 7 nitrogen and oxygen atoms in total. The number of piperidine rings is 1. The van der Waals surface area contributed by atoms with E-state index in [1.807, 2.05) is 53.4 Å². The maximum absolute atomic E-state index is 13.4. The largest absolute Gasteiger partial charge is 0.356 e. The van der Waals surface area contributed by atoms with Crippen molar-refractivity contribution in [2.45, 2.75) is 42.6 Å². The molecule has 0 aliphatic carbocycles. The molecule has 45 heavy (non-hydrogen) atoms. The monoisotopic (exact) mass is 639 g/mol. The first-order valence-electron chi connectivity index (χ1n) is 15.5. The highest BCUT2D eigenvalue weighted by atomic mass is 35.5. The fourth-order valence-electron chi connectivity index (χ4n) is 6.41. The number of thioether (sulfide) groups is 1. The van der Waals surface area contributed by atoms with Crippen LogP contribution in [-0.2, 0) is 22.5 Å².